The molecule has 0 unspecified atom stereocenters. The van der Waals surface area contributed by atoms with Crippen molar-refractivity contribution in [2.45, 2.75) is 6.42 Å². The van der Waals surface area contributed by atoms with Crippen molar-refractivity contribution < 1.29 is 24.0 Å². The van der Waals surface area contributed by atoms with Gasteiger partial charge >= 0.3 is 5.97 Å². The maximum absolute atomic E-state index is 12.2. The third-order valence-electron chi connectivity index (χ3n) is 4.43. The van der Waals surface area contributed by atoms with Crippen molar-refractivity contribution in [1.82, 2.24) is 4.90 Å². The Morgan fingerprint density at radius 2 is 1.73 bits per heavy atom. The van der Waals surface area contributed by atoms with Gasteiger partial charge in [-0.15, -0.1) is 0 Å². The highest BCUT2D eigenvalue weighted by Crippen LogP contribution is 2.33. The van der Waals surface area contributed by atoms with Crippen molar-refractivity contribution in [3.63, 3.8) is 0 Å². The third-order valence-corrected chi connectivity index (χ3v) is 5.06. The predicted octanol–water partition coefficient (Wildman–Crippen LogP) is 4.06. The van der Waals surface area contributed by atoms with Crippen LogP contribution in [0.2, 0.25) is 10.0 Å². The molecule has 1 aliphatic rings. The Labute approximate surface area is 185 Å². The van der Waals surface area contributed by atoms with Crippen molar-refractivity contribution in [2.75, 3.05) is 51.6 Å². The number of esters is 1. The molecule has 0 aromatic heterocycles. The van der Waals surface area contributed by atoms with Gasteiger partial charge in [-0.2, -0.15) is 0 Å². The summed E-state index contributed by atoms with van der Waals surface area (Å²) < 4.78 is 10.5. The summed E-state index contributed by atoms with van der Waals surface area (Å²) in [5.41, 5.74) is 2.09. The van der Waals surface area contributed by atoms with E-state index in [4.69, 9.17) is 42.5 Å². The molecule has 0 saturated carbocycles. The Kier molecular flexibility index (Phi) is 9.20. The zero-order chi connectivity index (χ0) is 21.2. The van der Waals surface area contributed by atoms with E-state index in [1.54, 1.807) is 18.2 Å². The van der Waals surface area contributed by atoms with Crippen molar-refractivity contribution in [2.24, 2.45) is 0 Å². The van der Waals surface area contributed by atoms with Crippen LogP contribution in [0.25, 0.3) is 0 Å². The minimum absolute atomic E-state index is 0.0971. The van der Waals surface area contributed by atoms with Crippen molar-refractivity contribution in [3.8, 4) is 0 Å². The predicted molar refractivity (Wildman–Crippen MR) is 115 cm³/mol. The molecule has 0 radical (unpaired) electrons. The maximum atomic E-state index is 12.2. The number of carbonyl (C=O) groups excluding carboxylic acids is 1. The van der Waals surface area contributed by atoms with Crippen LogP contribution in [0.3, 0.4) is 0 Å². The zero-order valence-electron chi connectivity index (χ0n) is 16.4. The van der Waals surface area contributed by atoms with Gasteiger partial charge in [0.15, 0.2) is 0 Å². The largest absolute Gasteiger partial charge is 0.463 e. The summed E-state index contributed by atoms with van der Waals surface area (Å²) in [6.45, 7) is 3.64. The van der Waals surface area contributed by atoms with Crippen LogP contribution < -0.4 is 5.32 Å². The summed E-state index contributed by atoms with van der Waals surface area (Å²) in [5, 5.41) is 4.19. The van der Waals surface area contributed by atoms with Gasteiger partial charge in [0.2, 0.25) is 0 Å². The van der Waals surface area contributed by atoms with E-state index in [-0.39, 0.29) is 25.6 Å². The Bertz CT molecular complexity index is 811. The van der Waals surface area contributed by atoms with Gasteiger partial charge in [-0.3, -0.25) is 9.69 Å². The van der Waals surface area contributed by atoms with Gasteiger partial charge in [0.05, 0.1) is 35.4 Å². The maximum Gasteiger partial charge on any atom is 0.310 e. The van der Waals surface area contributed by atoms with Crippen molar-refractivity contribution >= 4 is 40.5 Å². The van der Waals surface area contributed by atoms with Crippen LogP contribution in [-0.4, -0.2) is 57.1 Å². The molecule has 2 aromatic rings. The third kappa shape index (κ3) is 7.12. The highest BCUT2D eigenvalue weighted by Gasteiger charge is 2.13. The molecule has 1 heterocycles. The molecule has 7 nitrogen and oxygen atoms in total. The summed E-state index contributed by atoms with van der Waals surface area (Å²) in [4.78, 5) is 24.5. The van der Waals surface area contributed by atoms with Gasteiger partial charge in [0.25, 0.3) is 0 Å². The number of morpholine rings is 1. The number of nitrogens with zero attached hydrogens (tertiary/aromatic N) is 1. The van der Waals surface area contributed by atoms with Crippen LogP contribution in [0.15, 0.2) is 42.5 Å². The first-order valence-corrected chi connectivity index (χ1v) is 10.4. The molecule has 2 aromatic carbocycles. The molecule has 1 aliphatic heterocycles. The van der Waals surface area contributed by atoms with Gasteiger partial charge in [-0.05, 0) is 23.8 Å². The van der Waals surface area contributed by atoms with Crippen LogP contribution in [0.5, 0.6) is 0 Å². The first-order chi connectivity index (χ1) is 14.6. The summed E-state index contributed by atoms with van der Waals surface area (Å²) in [6.07, 6.45) is 0.0971. The first-order valence-electron chi connectivity index (χ1n) is 9.62. The van der Waals surface area contributed by atoms with Gasteiger partial charge in [0.1, 0.15) is 19.9 Å². The molecule has 3 rings (SSSR count). The first kappa shape index (κ1) is 22.8. The molecular weight excluding hydrogens is 431 g/mol. The normalized spacial score (nSPS) is 14.5. The lowest BCUT2D eigenvalue weighted by molar-refractivity contribution is -0.320. The fraction of sp³-hybridized carbons (Fsp3) is 0.381. The second kappa shape index (κ2) is 12.1. The van der Waals surface area contributed by atoms with Crippen molar-refractivity contribution in [3.05, 3.63) is 58.1 Å². The summed E-state index contributed by atoms with van der Waals surface area (Å²) >= 11 is 12.4. The van der Waals surface area contributed by atoms with Crippen molar-refractivity contribution in [1.29, 1.82) is 0 Å². The summed E-state index contributed by atoms with van der Waals surface area (Å²) in [6, 6.07) is 12.7. The molecule has 0 amide bonds. The van der Waals surface area contributed by atoms with E-state index in [0.717, 1.165) is 24.3 Å². The number of benzene rings is 2. The number of hydrogen-bond donors (Lipinski definition) is 1. The Hall–Kier alpha value is -1.87. The second-order valence-electron chi connectivity index (χ2n) is 6.58. The number of nitrogens with one attached hydrogen (secondary N) is 1. The molecule has 30 heavy (non-hydrogen) atoms. The van der Waals surface area contributed by atoms with E-state index < -0.39 is 0 Å². The average Bonchev–Trinajstić information content (AvgIpc) is 2.75. The van der Waals surface area contributed by atoms with Crippen LogP contribution in [0.1, 0.15) is 5.56 Å². The topological polar surface area (TPSA) is 69.3 Å². The molecule has 162 valence electrons. The minimum Gasteiger partial charge on any atom is -0.463 e. The lowest BCUT2D eigenvalue weighted by Gasteiger charge is -2.25. The van der Waals surface area contributed by atoms with Gasteiger partial charge in [-0.25, -0.2) is 9.78 Å². The van der Waals surface area contributed by atoms with E-state index in [1.807, 2.05) is 24.3 Å². The molecule has 9 heteroatoms. The van der Waals surface area contributed by atoms with Crippen LogP contribution in [-0.2, 0) is 30.5 Å². The van der Waals surface area contributed by atoms with E-state index in [9.17, 15) is 4.79 Å². The molecule has 0 spiro atoms. The minimum atomic E-state index is -0.369. The smallest absolute Gasteiger partial charge is 0.310 e. The molecule has 1 saturated heterocycles. The van der Waals surface area contributed by atoms with Gasteiger partial charge < -0.3 is 14.8 Å². The molecule has 0 bridgehead atoms. The number of carbonyl (C=O) groups is 1. The zero-order valence-corrected chi connectivity index (χ0v) is 18.0. The van der Waals surface area contributed by atoms with E-state index in [2.05, 4.69) is 10.2 Å². The monoisotopic (exact) mass is 454 g/mol. The number of anilines is 2. The number of hydrogen-bond acceptors (Lipinski definition) is 7. The fourth-order valence-electron chi connectivity index (χ4n) is 2.85. The molecular formula is C21H24Cl2N2O5. The van der Waals surface area contributed by atoms with Gasteiger partial charge in [0, 0.05) is 18.8 Å². The molecule has 1 N–H and O–H groups in total. The van der Waals surface area contributed by atoms with Gasteiger partial charge in [-0.1, -0.05) is 47.5 Å². The number of ether oxygens (including phenoxy) is 2. The van der Waals surface area contributed by atoms with Crippen LogP contribution >= 0.6 is 23.2 Å². The lowest BCUT2D eigenvalue weighted by Crippen LogP contribution is -2.37. The van der Waals surface area contributed by atoms with Crippen LogP contribution in [0.4, 0.5) is 11.4 Å². The SMILES string of the molecule is O=C(Cc1ccccc1Nc1c(Cl)cccc1Cl)OCCOOCN1CCOCC1. The van der Waals surface area contributed by atoms with E-state index in [0.29, 0.717) is 35.7 Å². The van der Waals surface area contributed by atoms with E-state index in [1.165, 1.54) is 0 Å². The lowest BCUT2D eigenvalue weighted by atomic mass is 10.1. The Morgan fingerprint density at radius 1 is 1.00 bits per heavy atom. The average molecular weight is 455 g/mol. The Morgan fingerprint density at radius 3 is 2.50 bits per heavy atom. The van der Waals surface area contributed by atoms with E-state index >= 15 is 0 Å². The number of para-hydroxylation sites is 2. The van der Waals surface area contributed by atoms with Crippen LogP contribution in [0, 0.1) is 0 Å². The molecule has 1 fully saturated rings. The second-order valence-corrected chi connectivity index (χ2v) is 7.39. The Balaban J connectivity index is 1.42. The summed E-state index contributed by atoms with van der Waals surface area (Å²) in [5.74, 6) is -0.369. The molecule has 0 atom stereocenters. The highest BCUT2D eigenvalue weighted by atomic mass is 35.5. The fourth-order valence-corrected chi connectivity index (χ4v) is 3.34. The highest BCUT2D eigenvalue weighted by molar-refractivity contribution is 6.39. The standard InChI is InChI=1S/C21H24Cl2N2O5/c22-17-5-3-6-18(23)21(17)24-19-7-2-1-4-16(19)14-20(26)28-12-13-29-30-15-25-8-10-27-11-9-25/h1-7,24H,8-15H2. The summed E-state index contributed by atoms with van der Waals surface area (Å²) in [7, 11) is 0. The number of rotatable bonds is 10. The molecule has 0 aliphatic carbocycles. The number of halogens is 2. The quantitative estimate of drug-likeness (QED) is 0.251.